The SMILES string of the molecule is O=C(Cc1cccs1)Nc1cccnc1SCCSc1cccc(C(F)(F)F)c1. The number of hydrogen-bond donors (Lipinski definition) is 1. The number of rotatable bonds is 8. The largest absolute Gasteiger partial charge is 0.416 e. The Labute approximate surface area is 179 Å². The zero-order valence-corrected chi connectivity index (χ0v) is 17.6. The lowest BCUT2D eigenvalue weighted by molar-refractivity contribution is -0.137. The second-order valence-corrected chi connectivity index (χ2v) is 9.17. The van der Waals surface area contributed by atoms with Crippen LogP contribution in [0.4, 0.5) is 18.9 Å². The fraction of sp³-hybridized carbons (Fsp3) is 0.200. The van der Waals surface area contributed by atoms with Crippen LogP contribution in [0.15, 0.2) is 70.0 Å². The third kappa shape index (κ3) is 6.80. The summed E-state index contributed by atoms with van der Waals surface area (Å²) in [7, 11) is 0. The minimum atomic E-state index is -4.34. The summed E-state index contributed by atoms with van der Waals surface area (Å²) in [5.74, 6) is 1.15. The van der Waals surface area contributed by atoms with Crippen LogP contribution in [0.5, 0.6) is 0 Å². The summed E-state index contributed by atoms with van der Waals surface area (Å²) in [5.41, 5.74) is -0.00116. The first-order valence-electron chi connectivity index (χ1n) is 8.62. The molecule has 2 heterocycles. The number of hydrogen-bond acceptors (Lipinski definition) is 5. The molecular formula is C20H17F3N2OS3. The highest BCUT2D eigenvalue weighted by Crippen LogP contribution is 2.32. The van der Waals surface area contributed by atoms with Crippen LogP contribution in [-0.2, 0) is 17.4 Å². The summed E-state index contributed by atoms with van der Waals surface area (Å²) >= 11 is 4.35. The lowest BCUT2D eigenvalue weighted by Crippen LogP contribution is -2.14. The van der Waals surface area contributed by atoms with E-state index in [9.17, 15) is 18.0 Å². The number of carbonyl (C=O) groups is 1. The van der Waals surface area contributed by atoms with Crippen LogP contribution < -0.4 is 5.32 Å². The number of thiophene rings is 1. The molecule has 0 saturated carbocycles. The number of carbonyl (C=O) groups excluding carboxylic acids is 1. The second kappa shape index (κ2) is 10.2. The molecule has 3 nitrogen and oxygen atoms in total. The lowest BCUT2D eigenvalue weighted by Gasteiger charge is -2.10. The number of nitrogens with zero attached hydrogens (tertiary/aromatic N) is 1. The van der Waals surface area contributed by atoms with Gasteiger partial charge in [0.1, 0.15) is 5.03 Å². The van der Waals surface area contributed by atoms with Crippen LogP contribution >= 0.6 is 34.9 Å². The number of benzene rings is 1. The highest BCUT2D eigenvalue weighted by atomic mass is 32.2. The van der Waals surface area contributed by atoms with Gasteiger partial charge in [-0.05, 0) is 41.8 Å². The van der Waals surface area contributed by atoms with E-state index >= 15 is 0 Å². The van der Waals surface area contributed by atoms with E-state index in [0.717, 1.165) is 17.0 Å². The zero-order chi connectivity index (χ0) is 20.7. The number of anilines is 1. The van der Waals surface area contributed by atoms with E-state index in [1.54, 1.807) is 24.4 Å². The van der Waals surface area contributed by atoms with Gasteiger partial charge in [0, 0.05) is 27.5 Å². The van der Waals surface area contributed by atoms with Gasteiger partial charge in [0.2, 0.25) is 5.91 Å². The number of nitrogens with one attached hydrogen (secondary N) is 1. The van der Waals surface area contributed by atoms with E-state index in [-0.39, 0.29) is 5.91 Å². The number of alkyl halides is 3. The van der Waals surface area contributed by atoms with Gasteiger partial charge >= 0.3 is 6.18 Å². The number of pyridine rings is 1. The van der Waals surface area contributed by atoms with Crippen molar-refractivity contribution in [2.24, 2.45) is 0 Å². The van der Waals surface area contributed by atoms with Crippen LogP contribution in [0.1, 0.15) is 10.4 Å². The molecule has 3 rings (SSSR count). The molecule has 0 bridgehead atoms. The van der Waals surface area contributed by atoms with Crippen LogP contribution in [0, 0.1) is 0 Å². The maximum Gasteiger partial charge on any atom is 0.416 e. The van der Waals surface area contributed by atoms with E-state index < -0.39 is 11.7 Å². The van der Waals surface area contributed by atoms with E-state index in [1.165, 1.54) is 40.9 Å². The molecule has 0 aliphatic rings. The van der Waals surface area contributed by atoms with E-state index in [1.807, 2.05) is 17.5 Å². The maximum atomic E-state index is 12.8. The molecule has 0 aliphatic carbocycles. The summed E-state index contributed by atoms with van der Waals surface area (Å²) in [6, 6.07) is 12.7. The van der Waals surface area contributed by atoms with Gasteiger partial charge < -0.3 is 5.32 Å². The van der Waals surface area contributed by atoms with Crippen LogP contribution in [-0.4, -0.2) is 22.4 Å². The molecule has 0 atom stereocenters. The van der Waals surface area contributed by atoms with E-state index in [2.05, 4.69) is 10.3 Å². The number of aromatic nitrogens is 1. The van der Waals surface area contributed by atoms with Gasteiger partial charge in [-0.2, -0.15) is 13.2 Å². The van der Waals surface area contributed by atoms with Gasteiger partial charge in [-0.3, -0.25) is 4.79 Å². The van der Waals surface area contributed by atoms with Crippen molar-refractivity contribution in [2.75, 3.05) is 16.8 Å². The molecule has 152 valence electrons. The monoisotopic (exact) mass is 454 g/mol. The van der Waals surface area contributed by atoms with Crippen LogP contribution in [0.25, 0.3) is 0 Å². The van der Waals surface area contributed by atoms with Gasteiger partial charge in [-0.15, -0.1) is 34.9 Å². The molecule has 1 aromatic carbocycles. The van der Waals surface area contributed by atoms with Crippen molar-refractivity contribution in [3.05, 3.63) is 70.5 Å². The normalized spacial score (nSPS) is 11.4. The van der Waals surface area contributed by atoms with Crippen LogP contribution in [0.2, 0.25) is 0 Å². The Kier molecular flexibility index (Phi) is 7.63. The maximum absolute atomic E-state index is 12.8. The molecule has 3 aromatic rings. The van der Waals surface area contributed by atoms with E-state index in [0.29, 0.717) is 33.5 Å². The molecule has 9 heteroatoms. The van der Waals surface area contributed by atoms with E-state index in [4.69, 9.17) is 0 Å². The highest BCUT2D eigenvalue weighted by molar-refractivity contribution is 8.03. The molecular weight excluding hydrogens is 437 g/mol. The predicted molar refractivity (Wildman–Crippen MR) is 114 cm³/mol. The molecule has 2 aromatic heterocycles. The third-order valence-electron chi connectivity index (χ3n) is 3.71. The molecule has 0 fully saturated rings. The Morgan fingerprint density at radius 3 is 2.66 bits per heavy atom. The van der Waals surface area contributed by atoms with Crippen molar-refractivity contribution in [3.63, 3.8) is 0 Å². The van der Waals surface area contributed by atoms with Crippen molar-refractivity contribution in [1.29, 1.82) is 0 Å². The lowest BCUT2D eigenvalue weighted by atomic mass is 10.2. The third-order valence-corrected chi connectivity index (χ3v) is 6.85. The van der Waals surface area contributed by atoms with Gasteiger partial charge in [0.25, 0.3) is 0 Å². The Bertz CT molecular complexity index is 946. The fourth-order valence-electron chi connectivity index (χ4n) is 2.43. The first kappa shape index (κ1) is 21.7. The van der Waals surface area contributed by atoms with Crippen molar-refractivity contribution >= 4 is 46.5 Å². The molecule has 0 unspecified atom stereocenters. The predicted octanol–water partition coefficient (Wildman–Crippen LogP) is 6.23. The van der Waals surface area contributed by atoms with Gasteiger partial charge in [-0.1, -0.05) is 12.1 Å². The summed E-state index contributed by atoms with van der Waals surface area (Å²) in [4.78, 5) is 18.1. The minimum absolute atomic E-state index is 0.111. The molecule has 0 saturated heterocycles. The Hall–Kier alpha value is -1.97. The molecule has 0 spiro atoms. The standard InChI is InChI=1S/C20H17F3N2OS3/c21-20(22,23)14-4-1-5-15(12-14)28-10-11-29-19-17(7-2-8-24-19)25-18(26)13-16-6-3-9-27-16/h1-9,12H,10-11,13H2,(H,25,26). The number of amides is 1. The summed E-state index contributed by atoms with van der Waals surface area (Å²) < 4.78 is 38.4. The first-order chi connectivity index (χ1) is 13.9. The summed E-state index contributed by atoms with van der Waals surface area (Å²) in [6.45, 7) is 0. The average Bonchev–Trinajstić information content (AvgIpc) is 3.19. The molecule has 1 N–H and O–H groups in total. The number of thioether (sulfide) groups is 2. The summed E-state index contributed by atoms with van der Waals surface area (Å²) in [5, 5.41) is 5.50. The second-order valence-electron chi connectivity index (χ2n) is 5.88. The van der Waals surface area contributed by atoms with Gasteiger partial charge in [-0.25, -0.2) is 4.98 Å². The van der Waals surface area contributed by atoms with Crippen molar-refractivity contribution in [1.82, 2.24) is 4.98 Å². The smallest absolute Gasteiger partial charge is 0.323 e. The summed E-state index contributed by atoms with van der Waals surface area (Å²) in [6.07, 6.45) is -2.38. The average molecular weight is 455 g/mol. The number of halogens is 3. The Balaban J connectivity index is 1.52. The molecule has 0 radical (unpaired) electrons. The Morgan fingerprint density at radius 1 is 1.07 bits per heavy atom. The molecule has 0 aliphatic heterocycles. The first-order valence-corrected chi connectivity index (χ1v) is 11.5. The highest BCUT2D eigenvalue weighted by Gasteiger charge is 2.30. The van der Waals surface area contributed by atoms with Gasteiger partial charge in [0.15, 0.2) is 0 Å². The Morgan fingerprint density at radius 2 is 1.90 bits per heavy atom. The van der Waals surface area contributed by atoms with Crippen molar-refractivity contribution < 1.29 is 18.0 Å². The van der Waals surface area contributed by atoms with Gasteiger partial charge in [0.05, 0.1) is 17.7 Å². The van der Waals surface area contributed by atoms with Crippen LogP contribution in [0.3, 0.4) is 0 Å². The molecule has 1 amide bonds. The molecule has 29 heavy (non-hydrogen) atoms. The fourth-order valence-corrected chi connectivity index (χ4v) is 5.02. The quantitative estimate of drug-likeness (QED) is 0.324. The topological polar surface area (TPSA) is 42.0 Å². The zero-order valence-electron chi connectivity index (χ0n) is 15.1. The van der Waals surface area contributed by atoms with Crippen molar-refractivity contribution in [3.8, 4) is 0 Å². The minimum Gasteiger partial charge on any atom is -0.323 e. The van der Waals surface area contributed by atoms with Crippen molar-refractivity contribution in [2.45, 2.75) is 22.5 Å².